The minimum Gasteiger partial charge on any atom is -0.359 e. The van der Waals surface area contributed by atoms with Gasteiger partial charge in [0.25, 0.3) is 5.79 Å². The van der Waals surface area contributed by atoms with Crippen molar-refractivity contribution in [3.63, 3.8) is 0 Å². The van der Waals surface area contributed by atoms with Crippen LogP contribution in [0.25, 0.3) is 0 Å². The molecule has 1 atom stereocenters. The van der Waals surface area contributed by atoms with E-state index in [4.69, 9.17) is 5.11 Å². The first-order chi connectivity index (χ1) is 4.31. The lowest BCUT2D eigenvalue weighted by atomic mass is 10.3. The zero-order valence-corrected chi connectivity index (χ0v) is 5.70. The summed E-state index contributed by atoms with van der Waals surface area (Å²) in [5, 5.41) is 8.50. The monoisotopic (exact) mass is 158 g/mol. The predicted octanol–water partition coefficient (Wildman–Crippen LogP) is 1.29. The fourth-order valence-corrected chi connectivity index (χ4v) is 0.363. The molecule has 0 aromatic rings. The van der Waals surface area contributed by atoms with Crippen molar-refractivity contribution in [1.29, 1.82) is 0 Å². The number of rotatable bonds is 2. The summed E-state index contributed by atoms with van der Waals surface area (Å²) < 4.78 is 39.0. The molecular formula is C5H9F3O2. The van der Waals surface area contributed by atoms with Crippen molar-refractivity contribution < 1.29 is 23.0 Å². The fourth-order valence-electron chi connectivity index (χ4n) is 0.363. The smallest absolute Gasteiger partial charge is 0.359 e. The van der Waals surface area contributed by atoms with Gasteiger partial charge in [-0.3, -0.25) is 0 Å². The number of aliphatic hydroxyl groups is 1. The van der Waals surface area contributed by atoms with Gasteiger partial charge in [-0.25, -0.2) is 0 Å². The van der Waals surface area contributed by atoms with Gasteiger partial charge < -0.3 is 9.84 Å². The van der Waals surface area contributed by atoms with Crippen molar-refractivity contribution >= 4 is 0 Å². The zero-order chi connectivity index (χ0) is 8.41. The molecule has 0 aromatic heterocycles. The van der Waals surface area contributed by atoms with E-state index in [1.165, 1.54) is 6.92 Å². The van der Waals surface area contributed by atoms with Crippen LogP contribution in [-0.4, -0.2) is 23.7 Å². The third-order valence-corrected chi connectivity index (χ3v) is 0.951. The summed E-state index contributed by atoms with van der Waals surface area (Å²) in [6.45, 7) is 1.77. The molecule has 10 heavy (non-hydrogen) atoms. The van der Waals surface area contributed by atoms with Crippen LogP contribution >= 0.6 is 0 Å². The van der Waals surface area contributed by atoms with Gasteiger partial charge in [-0.15, -0.1) is 0 Å². The van der Waals surface area contributed by atoms with E-state index in [9.17, 15) is 13.2 Å². The summed E-state index contributed by atoms with van der Waals surface area (Å²) in [6, 6.07) is 0. The predicted molar refractivity (Wildman–Crippen MR) is 28.3 cm³/mol. The van der Waals surface area contributed by atoms with Crippen LogP contribution in [0.2, 0.25) is 0 Å². The highest BCUT2D eigenvalue weighted by Gasteiger charge is 2.51. The first-order valence-corrected chi connectivity index (χ1v) is 2.74. The Hall–Kier alpha value is -0.290. The molecule has 2 nitrogen and oxygen atoms in total. The molecule has 0 bridgehead atoms. The van der Waals surface area contributed by atoms with Crippen molar-refractivity contribution in [3.8, 4) is 0 Å². The molecule has 1 unspecified atom stereocenters. The Balaban J connectivity index is 4.10. The van der Waals surface area contributed by atoms with Crippen LogP contribution in [-0.2, 0) is 4.74 Å². The maximum absolute atomic E-state index is 11.6. The molecule has 0 aliphatic carbocycles. The number of hydrogen-bond donors (Lipinski definition) is 1. The molecule has 0 aromatic carbocycles. The van der Waals surface area contributed by atoms with E-state index in [-0.39, 0.29) is 6.61 Å². The first-order valence-electron chi connectivity index (χ1n) is 2.74. The van der Waals surface area contributed by atoms with Crippen molar-refractivity contribution in [2.75, 3.05) is 6.61 Å². The standard InChI is InChI=1S/C5H9F3O2/c1-3-10-4(2,9)5(6,7)8/h9H,3H2,1-2H3. The van der Waals surface area contributed by atoms with Gasteiger partial charge in [0.05, 0.1) is 0 Å². The summed E-state index contributed by atoms with van der Waals surface area (Å²) in [4.78, 5) is 0. The van der Waals surface area contributed by atoms with Crippen LogP contribution in [0.1, 0.15) is 13.8 Å². The van der Waals surface area contributed by atoms with Gasteiger partial charge in [-0.1, -0.05) is 0 Å². The van der Waals surface area contributed by atoms with Crippen LogP contribution in [0.4, 0.5) is 13.2 Å². The third-order valence-electron chi connectivity index (χ3n) is 0.951. The van der Waals surface area contributed by atoms with E-state index in [1.54, 1.807) is 0 Å². The second-order valence-electron chi connectivity index (χ2n) is 1.91. The summed E-state index contributed by atoms with van der Waals surface area (Å²) in [6.07, 6.45) is -4.72. The fraction of sp³-hybridized carbons (Fsp3) is 1.00. The van der Waals surface area contributed by atoms with Crippen molar-refractivity contribution in [2.45, 2.75) is 25.8 Å². The summed E-state index contributed by atoms with van der Waals surface area (Å²) >= 11 is 0. The van der Waals surface area contributed by atoms with Crippen LogP contribution < -0.4 is 0 Å². The number of hydrogen-bond acceptors (Lipinski definition) is 2. The molecule has 0 aliphatic rings. The Bertz CT molecular complexity index is 108. The van der Waals surface area contributed by atoms with E-state index in [0.29, 0.717) is 6.92 Å². The quantitative estimate of drug-likeness (QED) is 0.613. The SMILES string of the molecule is CCOC(C)(O)C(F)(F)F. The van der Waals surface area contributed by atoms with Crippen molar-refractivity contribution in [3.05, 3.63) is 0 Å². The minimum atomic E-state index is -4.72. The van der Waals surface area contributed by atoms with Gasteiger partial charge in [0.2, 0.25) is 0 Å². The third kappa shape index (κ3) is 2.15. The molecule has 0 rings (SSSR count). The minimum absolute atomic E-state index is 0.174. The maximum Gasteiger partial charge on any atom is 0.442 e. The maximum atomic E-state index is 11.6. The van der Waals surface area contributed by atoms with Crippen LogP contribution in [0.15, 0.2) is 0 Å². The summed E-state index contributed by atoms with van der Waals surface area (Å²) in [5.74, 6) is -3.01. The Labute approximate surface area is 56.6 Å². The molecule has 0 radical (unpaired) electrons. The highest BCUT2D eigenvalue weighted by Crippen LogP contribution is 2.30. The van der Waals surface area contributed by atoms with Gasteiger partial charge in [0.15, 0.2) is 0 Å². The molecule has 0 aliphatic heterocycles. The van der Waals surface area contributed by atoms with Gasteiger partial charge in [-0.05, 0) is 13.8 Å². The van der Waals surface area contributed by atoms with Gasteiger partial charge >= 0.3 is 6.18 Å². The van der Waals surface area contributed by atoms with E-state index >= 15 is 0 Å². The lowest BCUT2D eigenvalue weighted by Gasteiger charge is -2.25. The van der Waals surface area contributed by atoms with E-state index < -0.39 is 12.0 Å². The average Bonchev–Trinajstić information content (AvgIpc) is 1.61. The Morgan fingerprint density at radius 3 is 1.90 bits per heavy atom. The molecule has 0 saturated heterocycles. The zero-order valence-electron chi connectivity index (χ0n) is 5.70. The lowest BCUT2D eigenvalue weighted by molar-refractivity contribution is -0.355. The highest BCUT2D eigenvalue weighted by atomic mass is 19.4. The molecule has 0 fully saturated rings. The molecule has 0 spiro atoms. The van der Waals surface area contributed by atoms with Crippen molar-refractivity contribution in [1.82, 2.24) is 0 Å². The average molecular weight is 158 g/mol. The number of alkyl halides is 3. The molecule has 5 heteroatoms. The summed E-state index contributed by atoms with van der Waals surface area (Å²) in [7, 11) is 0. The highest BCUT2D eigenvalue weighted by molar-refractivity contribution is 4.69. The summed E-state index contributed by atoms with van der Waals surface area (Å²) in [5.41, 5.74) is 0. The first kappa shape index (κ1) is 9.71. The molecule has 0 saturated carbocycles. The molecule has 0 amide bonds. The Morgan fingerprint density at radius 2 is 1.80 bits per heavy atom. The Kier molecular flexibility index (Phi) is 2.67. The largest absolute Gasteiger partial charge is 0.442 e. The molecule has 1 N–H and O–H groups in total. The number of halogens is 3. The topological polar surface area (TPSA) is 29.5 Å². The van der Waals surface area contributed by atoms with Crippen LogP contribution in [0.3, 0.4) is 0 Å². The van der Waals surface area contributed by atoms with Gasteiger partial charge in [0.1, 0.15) is 0 Å². The molecule has 62 valence electrons. The van der Waals surface area contributed by atoms with Crippen LogP contribution in [0.5, 0.6) is 0 Å². The van der Waals surface area contributed by atoms with Gasteiger partial charge in [-0.2, -0.15) is 13.2 Å². The van der Waals surface area contributed by atoms with E-state index in [1.807, 2.05) is 0 Å². The van der Waals surface area contributed by atoms with E-state index in [2.05, 4.69) is 4.74 Å². The molecular weight excluding hydrogens is 149 g/mol. The molecule has 0 heterocycles. The van der Waals surface area contributed by atoms with Crippen molar-refractivity contribution in [2.24, 2.45) is 0 Å². The second kappa shape index (κ2) is 2.75. The van der Waals surface area contributed by atoms with E-state index in [0.717, 1.165) is 0 Å². The number of ether oxygens (including phenoxy) is 1. The Morgan fingerprint density at radius 1 is 1.40 bits per heavy atom. The van der Waals surface area contributed by atoms with Gasteiger partial charge in [0, 0.05) is 6.61 Å². The lowest BCUT2D eigenvalue weighted by Crippen LogP contribution is -2.44. The van der Waals surface area contributed by atoms with Crippen LogP contribution in [0, 0.1) is 0 Å². The normalized spacial score (nSPS) is 18.6. The second-order valence-corrected chi connectivity index (χ2v) is 1.91.